The number of benzene rings is 8. The van der Waals surface area contributed by atoms with Crippen LogP contribution < -0.4 is 0 Å². The quantitative estimate of drug-likeness (QED) is 0.175. The van der Waals surface area contributed by atoms with Gasteiger partial charge in [-0.1, -0.05) is 127 Å². The second-order valence-electron chi connectivity index (χ2n) is 12.7. The summed E-state index contributed by atoms with van der Waals surface area (Å²) in [6, 6.07) is 57.7. The number of aromatic nitrogens is 2. The van der Waals surface area contributed by atoms with Crippen molar-refractivity contribution in [2.45, 2.75) is 0 Å². The molecule has 3 aromatic heterocycles. The van der Waals surface area contributed by atoms with E-state index < -0.39 is 0 Å². The molecule has 0 saturated carbocycles. The van der Waals surface area contributed by atoms with Gasteiger partial charge in [0.25, 0.3) is 0 Å². The highest BCUT2D eigenvalue weighted by atomic mass is 32.1. The molecule has 0 fully saturated rings. The lowest BCUT2D eigenvalue weighted by Gasteiger charge is -2.18. The maximum Gasteiger partial charge on any atom is 0.146 e. The predicted molar refractivity (Wildman–Crippen MR) is 206 cm³/mol. The van der Waals surface area contributed by atoms with Crippen molar-refractivity contribution in [3.63, 3.8) is 0 Å². The molecule has 0 saturated heterocycles. The molecule has 222 valence electrons. The number of hydrogen-bond donors (Lipinski definition) is 0. The first-order valence-electron chi connectivity index (χ1n) is 16.4. The molecule has 11 rings (SSSR count). The molecule has 48 heavy (non-hydrogen) atoms. The SMILES string of the molecule is c1ccc2cc(-c3c4ccccc4c(-c4ccc5sc6c7ccccc7c7nc8ccccc8n7c6c5c4)c4ccccc34)ccc2c1. The van der Waals surface area contributed by atoms with Crippen molar-refractivity contribution in [3.8, 4) is 22.3 Å². The van der Waals surface area contributed by atoms with E-state index in [4.69, 9.17) is 4.98 Å². The van der Waals surface area contributed by atoms with Crippen molar-refractivity contribution in [1.29, 1.82) is 0 Å². The molecular weight excluding hydrogens is 601 g/mol. The molecule has 0 bridgehead atoms. The lowest BCUT2D eigenvalue weighted by atomic mass is 9.85. The lowest BCUT2D eigenvalue weighted by molar-refractivity contribution is 1.33. The molecule has 0 aliphatic rings. The van der Waals surface area contributed by atoms with E-state index in [9.17, 15) is 0 Å². The molecule has 2 nitrogen and oxygen atoms in total. The van der Waals surface area contributed by atoms with Crippen molar-refractivity contribution in [3.05, 3.63) is 158 Å². The van der Waals surface area contributed by atoms with Gasteiger partial charge in [-0.15, -0.1) is 11.3 Å². The molecule has 0 spiro atoms. The van der Waals surface area contributed by atoms with Crippen molar-refractivity contribution >= 4 is 91.4 Å². The lowest BCUT2D eigenvalue weighted by Crippen LogP contribution is -1.91. The Balaban J connectivity index is 1.26. The number of imidazole rings is 1. The van der Waals surface area contributed by atoms with Crippen LogP contribution in [0.2, 0.25) is 0 Å². The van der Waals surface area contributed by atoms with E-state index in [1.54, 1.807) is 0 Å². The summed E-state index contributed by atoms with van der Waals surface area (Å²) < 4.78 is 4.98. The Morgan fingerprint density at radius 1 is 0.438 bits per heavy atom. The third-order valence-electron chi connectivity index (χ3n) is 10.1. The highest BCUT2D eigenvalue weighted by Crippen LogP contribution is 2.47. The maximum atomic E-state index is 5.17. The van der Waals surface area contributed by atoms with Gasteiger partial charge in [0.15, 0.2) is 0 Å². The third-order valence-corrected chi connectivity index (χ3v) is 11.3. The first-order valence-corrected chi connectivity index (χ1v) is 17.2. The Bertz CT molecular complexity index is 3070. The zero-order valence-corrected chi connectivity index (χ0v) is 26.6. The molecule has 0 N–H and O–H groups in total. The largest absolute Gasteiger partial charge is 0.290 e. The monoisotopic (exact) mass is 626 g/mol. The Labute approximate surface area is 279 Å². The van der Waals surface area contributed by atoms with Crippen LogP contribution in [-0.2, 0) is 0 Å². The van der Waals surface area contributed by atoms with Crippen molar-refractivity contribution in [2.75, 3.05) is 0 Å². The van der Waals surface area contributed by atoms with Crippen LogP contribution in [0.5, 0.6) is 0 Å². The number of hydrogen-bond acceptors (Lipinski definition) is 2. The van der Waals surface area contributed by atoms with Crippen LogP contribution in [0.4, 0.5) is 0 Å². The second-order valence-corrected chi connectivity index (χ2v) is 13.8. The van der Waals surface area contributed by atoms with Gasteiger partial charge in [0.1, 0.15) is 5.65 Å². The molecule has 0 amide bonds. The first kappa shape index (κ1) is 26.1. The Kier molecular flexibility index (Phi) is 5.29. The van der Waals surface area contributed by atoms with Crippen molar-refractivity contribution < 1.29 is 0 Å². The number of para-hydroxylation sites is 2. The molecule has 0 atom stereocenters. The molecule has 0 radical (unpaired) electrons. The number of rotatable bonds is 2. The third kappa shape index (κ3) is 3.54. The van der Waals surface area contributed by atoms with Gasteiger partial charge in [-0.2, -0.15) is 0 Å². The summed E-state index contributed by atoms with van der Waals surface area (Å²) in [5.74, 6) is 0. The maximum absolute atomic E-state index is 5.17. The van der Waals surface area contributed by atoms with Crippen molar-refractivity contribution in [2.24, 2.45) is 0 Å². The molecule has 0 unspecified atom stereocenters. The number of nitrogens with zero attached hydrogens (tertiary/aromatic N) is 2. The van der Waals surface area contributed by atoms with E-state index in [0.717, 1.165) is 16.7 Å². The average molecular weight is 627 g/mol. The molecule has 3 heteroatoms. The first-order chi connectivity index (χ1) is 23.8. The average Bonchev–Trinajstić information content (AvgIpc) is 3.72. The van der Waals surface area contributed by atoms with Crippen LogP contribution in [0.3, 0.4) is 0 Å². The molecule has 0 aliphatic heterocycles. The zero-order valence-electron chi connectivity index (χ0n) is 25.8. The van der Waals surface area contributed by atoms with Crippen LogP contribution in [0.1, 0.15) is 0 Å². The topological polar surface area (TPSA) is 17.3 Å². The molecule has 3 heterocycles. The van der Waals surface area contributed by atoms with Crippen LogP contribution in [-0.4, -0.2) is 9.38 Å². The molecule has 8 aromatic carbocycles. The van der Waals surface area contributed by atoms with Gasteiger partial charge in [-0.3, -0.25) is 4.40 Å². The summed E-state index contributed by atoms with van der Waals surface area (Å²) in [6.07, 6.45) is 0. The van der Waals surface area contributed by atoms with E-state index in [1.165, 1.54) is 85.6 Å². The Hall–Kier alpha value is -6.03. The summed E-state index contributed by atoms with van der Waals surface area (Å²) in [7, 11) is 0. The highest BCUT2D eigenvalue weighted by molar-refractivity contribution is 7.26. The van der Waals surface area contributed by atoms with Crippen LogP contribution in [0.25, 0.3) is 102 Å². The van der Waals surface area contributed by atoms with E-state index in [-0.39, 0.29) is 0 Å². The van der Waals surface area contributed by atoms with E-state index in [2.05, 4.69) is 162 Å². The fraction of sp³-hybridized carbons (Fsp3) is 0. The van der Waals surface area contributed by atoms with Crippen LogP contribution >= 0.6 is 11.3 Å². The molecule has 11 aromatic rings. The minimum Gasteiger partial charge on any atom is -0.290 e. The standard InChI is InChI=1S/C45H26N2S/c1-2-12-28-25-29(22-21-27(28)11-1)41-31-13-3-5-15-33(31)42(34-16-6-4-14-32(34)41)30-23-24-40-37(26-30)43-44(48-40)35-17-7-8-18-36(35)45-46-38-19-9-10-20-39(38)47(43)45/h1-26H. The van der Waals surface area contributed by atoms with Gasteiger partial charge < -0.3 is 0 Å². The van der Waals surface area contributed by atoms with Crippen LogP contribution in [0.15, 0.2) is 158 Å². The van der Waals surface area contributed by atoms with Crippen molar-refractivity contribution in [1.82, 2.24) is 9.38 Å². The normalized spacial score (nSPS) is 12.2. The van der Waals surface area contributed by atoms with E-state index >= 15 is 0 Å². The second kappa shape index (κ2) is 9.74. The highest BCUT2D eigenvalue weighted by Gasteiger charge is 2.20. The minimum absolute atomic E-state index is 1.01. The van der Waals surface area contributed by atoms with E-state index in [1.807, 2.05) is 11.3 Å². The van der Waals surface area contributed by atoms with Gasteiger partial charge >= 0.3 is 0 Å². The van der Waals surface area contributed by atoms with E-state index in [0.29, 0.717) is 0 Å². The summed E-state index contributed by atoms with van der Waals surface area (Å²) in [4.78, 5) is 5.17. The summed E-state index contributed by atoms with van der Waals surface area (Å²) in [5.41, 5.74) is 9.45. The summed E-state index contributed by atoms with van der Waals surface area (Å²) in [6.45, 7) is 0. The fourth-order valence-electron chi connectivity index (χ4n) is 8.05. The fourth-order valence-corrected chi connectivity index (χ4v) is 9.26. The zero-order chi connectivity index (χ0) is 31.3. The molecule has 0 aliphatic carbocycles. The van der Waals surface area contributed by atoms with Gasteiger partial charge in [-0.05, 0) is 84.9 Å². The van der Waals surface area contributed by atoms with Gasteiger partial charge in [0.2, 0.25) is 0 Å². The Morgan fingerprint density at radius 3 is 1.73 bits per heavy atom. The predicted octanol–water partition coefficient (Wildman–Crippen LogP) is 12.8. The minimum atomic E-state index is 1.01. The van der Waals surface area contributed by atoms with Crippen LogP contribution in [0, 0.1) is 0 Å². The van der Waals surface area contributed by atoms with Gasteiger partial charge in [-0.25, -0.2) is 4.98 Å². The smallest absolute Gasteiger partial charge is 0.146 e. The van der Waals surface area contributed by atoms with Gasteiger partial charge in [0, 0.05) is 20.9 Å². The van der Waals surface area contributed by atoms with Gasteiger partial charge in [0.05, 0.1) is 21.3 Å². The summed E-state index contributed by atoms with van der Waals surface area (Å²) in [5, 5.41) is 11.3. The number of fused-ring (bicyclic) bond motifs is 13. The molecular formula is C45H26N2S. The Morgan fingerprint density at radius 2 is 1.00 bits per heavy atom. The summed E-state index contributed by atoms with van der Waals surface area (Å²) >= 11 is 1.88. The number of pyridine rings is 1. The number of thiophene rings is 1.